The average molecular weight is 316 g/mol. The highest BCUT2D eigenvalue weighted by Gasteiger charge is 2.31. The molecule has 22 heavy (non-hydrogen) atoms. The Morgan fingerprint density at radius 3 is 2.73 bits per heavy atom. The van der Waals surface area contributed by atoms with E-state index in [0.717, 1.165) is 17.0 Å². The summed E-state index contributed by atoms with van der Waals surface area (Å²) < 4.78 is 0. The maximum Gasteiger partial charge on any atom is 0.335 e. The van der Waals surface area contributed by atoms with Gasteiger partial charge < -0.3 is 10.4 Å². The minimum Gasteiger partial charge on any atom is -0.478 e. The quantitative estimate of drug-likeness (QED) is 0.906. The standard InChI is InChI=1S/C16H16N2O3S/c19-15-14(13-2-1-9-22-13)18(8-7-17-15)10-11-3-5-12(6-4-11)16(20)21/h1-6,9,14H,7-8,10H2,(H,17,19)(H,20,21). The third-order valence-electron chi connectivity index (χ3n) is 3.71. The molecule has 2 heterocycles. The van der Waals surface area contributed by atoms with Gasteiger partial charge in [-0.05, 0) is 29.1 Å². The van der Waals surface area contributed by atoms with E-state index in [1.807, 2.05) is 17.5 Å². The summed E-state index contributed by atoms with van der Waals surface area (Å²) in [6.07, 6.45) is 0. The number of amides is 1. The molecule has 1 aliphatic heterocycles. The van der Waals surface area contributed by atoms with Crippen LogP contribution in [-0.4, -0.2) is 35.0 Å². The van der Waals surface area contributed by atoms with Gasteiger partial charge in [-0.2, -0.15) is 0 Å². The van der Waals surface area contributed by atoms with Crippen molar-refractivity contribution in [2.45, 2.75) is 12.6 Å². The van der Waals surface area contributed by atoms with Crippen LogP contribution in [0.5, 0.6) is 0 Å². The van der Waals surface area contributed by atoms with Gasteiger partial charge in [-0.1, -0.05) is 18.2 Å². The molecule has 0 bridgehead atoms. The second kappa shape index (κ2) is 6.29. The number of carboxylic acid groups (broad SMARTS) is 1. The molecule has 0 aliphatic carbocycles. The van der Waals surface area contributed by atoms with Gasteiger partial charge in [0.05, 0.1) is 5.56 Å². The van der Waals surface area contributed by atoms with Crippen LogP contribution in [0.15, 0.2) is 41.8 Å². The molecule has 1 saturated heterocycles. The summed E-state index contributed by atoms with van der Waals surface area (Å²) in [4.78, 5) is 26.3. The minimum atomic E-state index is -0.930. The van der Waals surface area contributed by atoms with Crippen molar-refractivity contribution in [1.82, 2.24) is 10.2 Å². The van der Waals surface area contributed by atoms with Gasteiger partial charge in [0.1, 0.15) is 6.04 Å². The largest absolute Gasteiger partial charge is 0.478 e. The topological polar surface area (TPSA) is 69.6 Å². The molecule has 0 radical (unpaired) electrons. The third-order valence-corrected chi connectivity index (χ3v) is 4.64. The molecule has 1 fully saturated rings. The molecule has 2 N–H and O–H groups in total. The Hall–Kier alpha value is -2.18. The molecular weight excluding hydrogens is 300 g/mol. The second-order valence-electron chi connectivity index (χ2n) is 5.18. The van der Waals surface area contributed by atoms with E-state index in [2.05, 4.69) is 10.2 Å². The number of nitrogens with zero attached hydrogens (tertiary/aromatic N) is 1. The fourth-order valence-electron chi connectivity index (χ4n) is 2.63. The van der Waals surface area contributed by atoms with Crippen molar-refractivity contribution in [2.24, 2.45) is 0 Å². The Labute approximate surface area is 132 Å². The van der Waals surface area contributed by atoms with E-state index in [4.69, 9.17) is 5.11 Å². The molecule has 1 unspecified atom stereocenters. The summed E-state index contributed by atoms with van der Waals surface area (Å²) in [5.41, 5.74) is 1.27. The SMILES string of the molecule is O=C(O)c1ccc(CN2CCNC(=O)C2c2cccs2)cc1. The fourth-order valence-corrected chi connectivity index (χ4v) is 3.48. The number of thiophene rings is 1. The zero-order valence-corrected chi connectivity index (χ0v) is 12.7. The van der Waals surface area contributed by atoms with E-state index in [1.54, 1.807) is 35.6 Å². The van der Waals surface area contributed by atoms with Gasteiger partial charge in [-0.25, -0.2) is 4.79 Å². The Morgan fingerprint density at radius 2 is 2.09 bits per heavy atom. The average Bonchev–Trinajstić information content (AvgIpc) is 3.02. The number of hydrogen-bond acceptors (Lipinski definition) is 4. The Kier molecular flexibility index (Phi) is 4.22. The van der Waals surface area contributed by atoms with Crippen LogP contribution in [-0.2, 0) is 11.3 Å². The van der Waals surface area contributed by atoms with Crippen LogP contribution in [0, 0.1) is 0 Å². The van der Waals surface area contributed by atoms with Crippen molar-refractivity contribution in [3.8, 4) is 0 Å². The first-order valence-corrected chi connectivity index (χ1v) is 7.90. The summed E-state index contributed by atoms with van der Waals surface area (Å²) in [7, 11) is 0. The number of hydrogen-bond donors (Lipinski definition) is 2. The molecule has 3 rings (SSSR count). The lowest BCUT2D eigenvalue weighted by molar-refractivity contribution is -0.129. The predicted molar refractivity (Wildman–Crippen MR) is 83.9 cm³/mol. The summed E-state index contributed by atoms with van der Waals surface area (Å²) in [5.74, 6) is -0.906. The zero-order valence-electron chi connectivity index (χ0n) is 11.9. The summed E-state index contributed by atoms with van der Waals surface area (Å²) in [5, 5.41) is 13.8. The van der Waals surface area contributed by atoms with Crippen molar-refractivity contribution in [1.29, 1.82) is 0 Å². The Morgan fingerprint density at radius 1 is 1.32 bits per heavy atom. The highest BCUT2D eigenvalue weighted by Crippen LogP contribution is 2.28. The van der Waals surface area contributed by atoms with Crippen LogP contribution in [0.3, 0.4) is 0 Å². The minimum absolute atomic E-state index is 0.0239. The van der Waals surface area contributed by atoms with Crippen molar-refractivity contribution in [3.63, 3.8) is 0 Å². The van der Waals surface area contributed by atoms with Crippen LogP contribution < -0.4 is 5.32 Å². The lowest BCUT2D eigenvalue weighted by Gasteiger charge is -2.34. The molecule has 1 amide bonds. The van der Waals surface area contributed by atoms with Gasteiger partial charge >= 0.3 is 5.97 Å². The van der Waals surface area contributed by atoms with E-state index in [9.17, 15) is 9.59 Å². The monoisotopic (exact) mass is 316 g/mol. The number of carbonyl (C=O) groups is 2. The molecule has 0 saturated carbocycles. The lowest BCUT2D eigenvalue weighted by atomic mass is 10.1. The molecule has 5 nitrogen and oxygen atoms in total. The molecular formula is C16H16N2O3S. The van der Waals surface area contributed by atoms with Gasteiger partial charge in [0.2, 0.25) is 5.91 Å². The van der Waals surface area contributed by atoms with Gasteiger partial charge in [-0.15, -0.1) is 11.3 Å². The molecule has 1 atom stereocenters. The predicted octanol–water partition coefficient (Wildman–Crippen LogP) is 2.12. The normalized spacial score (nSPS) is 18.9. The van der Waals surface area contributed by atoms with E-state index < -0.39 is 5.97 Å². The lowest BCUT2D eigenvalue weighted by Crippen LogP contribution is -2.49. The number of piperazine rings is 1. The number of aromatic carboxylic acids is 1. The van der Waals surface area contributed by atoms with Crippen LogP contribution >= 0.6 is 11.3 Å². The molecule has 1 aromatic heterocycles. The van der Waals surface area contributed by atoms with Gasteiger partial charge in [0, 0.05) is 24.5 Å². The second-order valence-corrected chi connectivity index (χ2v) is 6.16. The molecule has 6 heteroatoms. The maximum absolute atomic E-state index is 12.2. The van der Waals surface area contributed by atoms with Crippen LogP contribution in [0.4, 0.5) is 0 Å². The van der Waals surface area contributed by atoms with Crippen LogP contribution in [0.1, 0.15) is 26.8 Å². The number of rotatable bonds is 4. The van der Waals surface area contributed by atoms with E-state index in [1.165, 1.54) is 0 Å². The Bertz CT molecular complexity index is 667. The molecule has 0 spiro atoms. The van der Waals surface area contributed by atoms with Gasteiger partial charge in [-0.3, -0.25) is 9.69 Å². The number of benzene rings is 1. The van der Waals surface area contributed by atoms with Gasteiger partial charge in [0.25, 0.3) is 0 Å². The van der Waals surface area contributed by atoms with E-state index in [-0.39, 0.29) is 17.5 Å². The van der Waals surface area contributed by atoms with Crippen LogP contribution in [0.2, 0.25) is 0 Å². The van der Waals surface area contributed by atoms with Crippen molar-refractivity contribution < 1.29 is 14.7 Å². The summed E-state index contributed by atoms with van der Waals surface area (Å²) in [6, 6.07) is 10.5. The first-order valence-electron chi connectivity index (χ1n) is 7.02. The summed E-state index contributed by atoms with van der Waals surface area (Å²) in [6.45, 7) is 2.03. The van der Waals surface area contributed by atoms with Crippen molar-refractivity contribution in [3.05, 3.63) is 57.8 Å². The number of carboxylic acids is 1. The van der Waals surface area contributed by atoms with Crippen molar-refractivity contribution in [2.75, 3.05) is 13.1 Å². The third kappa shape index (κ3) is 3.03. The smallest absolute Gasteiger partial charge is 0.335 e. The first kappa shape index (κ1) is 14.7. The van der Waals surface area contributed by atoms with E-state index in [0.29, 0.717) is 13.1 Å². The fraction of sp³-hybridized carbons (Fsp3) is 0.250. The molecule has 114 valence electrons. The number of nitrogens with one attached hydrogen (secondary N) is 1. The Balaban J connectivity index is 1.79. The first-order chi connectivity index (χ1) is 10.6. The molecule has 1 aliphatic rings. The van der Waals surface area contributed by atoms with Crippen molar-refractivity contribution >= 4 is 23.2 Å². The maximum atomic E-state index is 12.2. The van der Waals surface area contributed by atoms with E-state index >= 15 is 0 Å². The molecule has 2 aromatic rings. The zero-order chi connectivity index (χ0) is 15.5. The van der Waals surface area contributed by atoms with Gasteiger partial charge in [0.15, 0.2) is 0 Å². The summed E-state index contributed by atoms with van der Waals surface area (Å²) >= 11 is 1.57. The number of carbonyl (C=O) groups excluding carboxylic acids is 1. The highest BCUT2D eigenvalue weighted by atomic mass is 32.1. The van der Waals surface area contributed by atoms with Crippen LogP contribution in [0.25, 0.3) is 0 Å². The highest BCUT2D eigenvalue weighted by molar-refractivity contribution is 7.10. The molecule has 1 aromatic carbocycles.